The minimum atomic E-state index is -0.495. The Hall–Kier alpha value is -2.38. The quantitative estimate of drug-likeness (QED) is 0.701. The van der Waals surface area contributed by atoms with Crippen LogP contribution in [0.4, 0.5) is 0 Å². The Kier molecular flexibility index (Phi) is 6.98. The second-order valence-electron chi connectivity index (χ2n) is 6.51. The molecule has 1 heterocycles. The first-order valence-corrected chi connectivity index (χ1v) is 9.18. The number of carbonyl (C=O) groups excluding carboxylic acids is 1. The molecule has 0 fully saturated rings. The Morgan fingerprint density at radius 1 is 1.26 bits per heavy atom. The van der Waals surface area contributed by atoms with Gasteiger partial charge in [0.1, 0.15) is 4.64 Å². The topological polar surface area (TPSA) is 69.7 Å². The van der Waals surface area contributed by atoms with Crippen LogP contribution in [-0.2, 0) is 13.2 Å². The molecule has 6 nitrogen and oxygen atoms in total. The number of rotatable bonds is 8. The molecule has 146 valence electrons. The van der Waals surface area contributed by atoms with E-state index >= 15 is 0 Å². The van der Waals surface area contributed by atoms with Gasteiger partial charge in [0.15, 0.2) is 11.5 Å². The zero-order valence-corrected chi connectivity index (χ0v) is 17.4. The number of ether oxygens (including phenoxy) is 2. The first-order valence-electron chi connectivity index (χ1n) is 8.77. The lowest BCUT2D eigenvalue weighted by Crippen LogP contribution is -2.25. The van der Waals surface area contributed by atoms with Crippen molar-refractivity contribution in [3.8, 4) is 11.5 Å². The number of aryl methyl sites for hydroxylation is 2. The van der Waals surface area contributed by atoms with Crippen LogP contribution < -0.4 is 15.2 Å². The van der Waals surface area contributed by atoms with E-state index in [4.69, 9.17) is 27.4 Å². The standard InChI is InChI=1S/C20H27N3O3S/c1-6-26-16-8-7-15(10-17(16)25-5)11-22(4)12-23-14(3)9-13(2)18(19(21)24)20(23)27/h7-10H,6,11-12H2,1-5H3,(H2,21,24). The summed E-state index contributed by atoms with van der Waals surface area (Å²) in [5.74, 6) is 0.946. The Morgan fingerprint density at radius 2 is 1.96 bits per heavy atom. The fraction of sp³-hybridized carbons (Fsp3) is 0.400. The molecule has 1 aromatic heterocycles. The van der Waals surface area contributed by atoms with Crippen molar-refractivity contribution in [2.75, 3.05) is 20.8 Å². The zero-order chi connectivity index (χ0) is 20.1. The normalized spacial score (nSPS) is 10.9. The third-order valence-corrected chi connectivity index (χ3v) is 4.74. The van der Waals surface area contributed by atoms with Gasteiger partial charge in [-0.1, -0.05) is 18.3 Å². The van der Waals surface area contributed by atoms with Gasteiger partial charge < -0.3 is 19.8 Å². The Labute approximate surface area is 165 Å². The van der Waals surface area contributed by atoms with Crippen molar-refractivity contribution in [1.82, 2.24) is 9.47 Å². The highest BCUT2D eigenvalue weighted by Gasteiger charge is 2.14. The van der Waals surface area contributed by atoms with Gasteiger partial charge in [-0.2, -0.15) is 0 Å². The van der Waals surface area contributed by atoms with Crippen LogP contribution in [0.15, 0.2) is 24.3 Å². The molecule has 1 aromatic carbocycles. The largest absolute Gasteiger partial charge is 0.493 e. The molecule has 1 amide bonds. The van der Waals surface area contributed by atoms with E-state index in [2.05, 4.69) is 4.90 Å². The predicted octanol–water partition coefficient (Wildman–Crippen LogP) is 3.43. The van der Waals surface area contributed by atoms with Crippen molar-refractivity contribution in [3.63, 3.8) is 0 Å². The van der Waals surface area contributed by atoms with E-state index in [1.54, 1.807) is 7.11 Å². The average Bonchev–Trinajstić information content (AvgIpc) is 2.59. The van der Waals surface area contributed by atoms with Crippen LogP contribution in [0, 0.1) is 18.5 Å². The van der Waals surface area contributed by atoms with E-state index in [0.717, 1.165) is 22.6 Å². The number of primary amides is 1. The van der Waals surface area contributed by atoms with E-state index in [0.29, 0.717) is 35.8 Å². The van der Waals surface area contributed by atoms with Gasteiger partial charge in [-0.05, 0) is 57.1 Å². The molecule has 0 saturated heterocycles. The third-order valence-electron chi connectivity index (χ3n) is 4.31. The Morgan fingerprint density at radius 3 is 2.56 bits per heavy atom. The van der Waals surface area contributed by atoms with Crippen LogP contribution in [0.2, 0.25) is 0 Å². The van der Waals surface area contributed by atoms with Gasteiger partial charge in [0.25, 0.3) is 5.91 Å². The molecule has 0 aliphatic rings. The number of nitrogens with zero attached hydrogens (tertiary/aromatic N) is 2. The highest BCUT2D eigenvalue weighted by Crippen LogP contribution is 2.28. The molecule has 2 N–H and O–H groups in total. The molecule has 2 rings (SSSR count). The van der Waals surface area contributed by atoms with Crippen LogP contribution in [0.5, 0.6) is 11.5 Å². The van der Waals surface area contributed by atoms with Gasteiger partial charge in [0.2, 0.25) is 0 Å². The number of aromatic nitrogens is 1. The second-order valence-corrected chi connectivity index (χ2v) is 6.90. The molecule has 0 spiro atoms. The summed E-state index contributed by atoms with van der Waals surface area (Å²) in [6.45, 7) is 7.58. The van der Waals surface area contributed by atoms with Gasteiger partial charge in [-0.25, -0.2) is 0 Å². The summed E-state index contributed by atoms with van der Waals surface area (Å²) in [6.07, 6.45) is 0. The molecule has 0 atom stereocenters. The van der Waals surface area contributed by atoms with E-state index < -0.39 is 5.91 Å². The van der Waals surface area contributed by atoms with Gasteiger partial charge >= 0.3 is 0 Å². The number of carbonyl (C=O) groups is 1. The monoisotopic (exact) mass is 389 g/mol. The molecular weight excluding hydrogens is 362 g/mol. The average molecular weight is 390 g/mol. The maximum atomic E-state index is 11.7. The minimum Gasteiger partial charge on any atom is -0.493 e. The highest BCUT2D eigenvalue weighted by atomic mass is 32.1. The summed E-state index contributed by atoms with van der Waals surface area (Å²) in [5.41, 5.74) is 8.79. The number of pyridine rings is 1. The van der Waals surface area contributed by atoms with E-state index in [1.807, 2.05) is 56.7 Å². The maximum Gasteiger partial charge on any atom is 0.251 e. The molecule has 0 saturated carbocycles. The van der Waals surface area contributed by atoms with Crippen molar-refractivity contribution in [2.24, 2.45) is 5.73 Å². The second kappa shape index (κ2) is 9.01. The summed E-state index contributed by atoms with van der Waals surface area (Å²) in [5, 5.41) is 0. The van der Waals surface area contributed by atoms with Gasteiger partial charge in [0, 0.05) is 12.2 Å². The van der Waals surface area contributed by atoms with Gasteiger partial charge in [0.05, 0.1) is 25.9 Å². The van der Waals surface area contributed by atoms with Crippen LogP contribution >= 0.6 is 12.2 Å². The number of nitrogens with two attached hydrogens (primary N) is 1. The van der Waals surface area contributed by atoms with Crippen LogP contribution in [0.25, 0.3) is 0 Å². The summed E-state index contributed by atoms with van der Waals surface area (Å²) < 4.78 is 13.4. The van der Waals surface area contributed by atoms with E-state index in [9.17, 15) is 4.79 Å². The van der Waals surface area contributed by atoms with Crippen LogP contribution in [-0.4, -0.2) is 36.1 Å². The molecular formula is C20H27N3O3S. The zero-order valence-electron chi connectivity index (χ0n) is 16.5. The summed E-state index contributed by atoms with van der Waals surface area (Å²) in [4.78, 5) is 13.9. The molecule has 0 aliphatic carbocycles. The van der Waals surface area contributed by atoms with Crippen molar-refractivity contribution in [2.45, 2.75) is 34.0 Å². The van der Waals surface area contributed by atoms with Gasteiger partial charge in [-0.15, -0.1) is 0 Å². The third kappa shape index (κ3) is 4.87. The van der Waals surface area contributed by atoms with Crippen LogP contribution in [0.3, 0.4) is 0 Å². The number of benzene rings is 1. The maximum absolute atomic E-state index is 11.7. The van der Waals surface area contributed by atoms with E-state index in [1.165, 1.54) is 0 Å². The first kappa shape index (κ1) is 20.9. The number of hydrogen-bond acceptors (Lipinski definition) is 5. The molecule has 2 aromatic rings. The Balaban J connectivity index is 2.24. The Bertz CT molecular complexity index is 893. The lowest BCUT2D eigenvalue weighted by atomic mass is 10.1. The molecule has 0 bridgehead atoms. The highest BCUT2D eigenvalue weighted by molar-refractivity contribution is 7.71. The summed E-state index contributed by atoms with van der Waals surface area (Å²) in [7, 11) is 3.62. The van der Waals surface area contributed by atoms with Crippen LogP contribution in [0.1, 0.15) is 34.1 Å². The molecule has 0 aliphatic heterocycles. The summed E-state index contributed by atoms with van der Waals surface area (Å²) in [6, 6.07) is 7.83. The molecule has 0 unspecified atom stereocenters. The summed E-state index contributed by atoms with van der Waals surface area (Å²) >= 11 is 5.51. The minimum absolute atomic E-state index is 0.409. The SMILES string of the molecule is CCOc1ccc(CN(C)Cn2c(C)cc(C)c(C(N)=O)c2=S)cc1OC. The fourth-order valence-corrected chi connectivity index (χ4v) is 3.55. The number of hydrogen-bond donors (Lipinski definition) is 1. The number of amides is 1. The lowest BCUT2D eigenvalue weighted by molar-refractivity contribution is 0.0997. The molecule has 0 radical (unpaired) electrons. The smallest absolute Gasteiger partial charge is 0.251 e. The number of methoxy groups -OCH3 is 1. The van der Waals surface area contributed by atoms with E-state index in [-0.39, 0.29) is 0 Å². The van der Waals surface area contributed by atoms with Crippen molar-refractivity contribution in [3.05, 3.63) is 51.3 Å². The molecule has 27 heavy (non-hydrogen) atoms. The van der Waals surface area contributed by atoms with Crippen molar-refractivity contribution in [1.29, 1.82) is 0 Å². The molecule has 7 heteroatoms. The van der Waals surface area contributed by atoms with Crippen molar-refractivity contribution >= 4 is 18.1 Å². The lowest BCUT2D eigenvalue weighted by Gasteiger charge is -2.22. The predicted molar refractivity (Wildman–Crippen MR) is 109 cm³/mol. The first-order chi connectivity index (χ1) is 12.8. The van der Waals surface area contributed by atoms with Crippen molar-refractivity contribution < 1.29 is 14.3 Å². The van der Waals surface area contributed by atoms with Gasteiger partial charge in [-0.3, -0.25) is 9.69 Å². The fourth-order valence-electron chi connectivity index (χ4n) is 3.09.